The molecule has 17 heavy (non-hydrogen) atoms. The molecule has 1 aromatic carbocycles. The van der Waals surface area contributed by atoms with Crippen molar-refractivity contribution < 1.29 is 4.79 Å². The molecule has 0 radical (unpaired) electrons. The molecule has 0 aliphatic carbocycles. The lowest BCUT2D eigenvalue weighted by atomic mass is 9.98. The van der Waals surface area contributed by atoms with Crippen molar-refractivity contribution in [3.05, 3.63) is 29.8 Å². The highest BCUT2D eigenvalue weighted by Gasteiger charge is 2.06. The van der Waals surface area contributed by atoms with E-state index >= 15 is 0 Å². The van der Waals surface area contributed by atoms with Crippen LogP contribution >= 0.6 is 0 Å². The van der Waals surface area contributed by atoms with Crippen molar-refractivity contribution in [1.82, 2.24) is 0 Å². The van der Waals surface area contributed by atoms with Crippen LogP contribution in [0.15, 0.2) is 24.3 Å². The van der Waals surface area contributed by atoms with Crippen LogP contribution in [-0.4, -0.2) is 5.91 Å². The summed E-state index contributed by atoms with van der Waals surface area (Å²) in [5.74, 6) is 1.07. The molecule has 0 fully saturated rings. The number of hydrogen-bond donors (Lipinski definition) is 1. The molecule has 0 spiro atoms. The van der Waals surface area contributed by atoms with Crippen molar-refractivity contribution in [1.29, 1.82) is 0 Å². The van der Waals surface area contributed by atoms with Gasteiger partial charge in [0.05, 0.1) is 0 Å². The lowest BCUT2D eigenvalue weighted by molar-refractivity contribution is -0.116. The second kappa shape index (κ2) is 6.43. The van der Waals surface area contributed by atoms with Crippen LogP contribution in [0.3, 0.4) is 0 Å². The Balaban J connectivity index is 2.59. The first kappa shape index (κ1) is 13.8. The molecule has 0 unspecified atom stereocenters. The average molecular weight is 233 g/mol. The fraction of sp³-hybridized carbons (Fsp3) is 0.533. The van der Waals surface area contributed by atoms with E-state index in [1.807, 2.05) is 26.0 Å². The van der Waals surface area contributed by atoms with Gasteiger partial charge in [0, 0.05) is 12.1 Å². The second-order valence-electron chi connectivity index (χ2n) is 5.08. The van der Waals surface area contributed by atoms with Gasteiger partial charge in [-0.25, -0.2) is 0 Å². The Morgan fingerprint density at radius 1 is 1.18 bits per heavy atom. The third-order valence-corrected chi connectivity index (χ3v) is 2.97. The Morgan fingerprint density at radius 3 is 2.24 bits per heavy atom. The van der Waals surface area contributed by atoms with Crippen molar-refractivity contribution in [3.8, 4) is 0 Å². The van der Waals surface area contributed by atoms with Crippen LogP contribution in [0, 0.1) is 5.92 Å². The van der Waals surface area contributed by atoms with E-state index in [-0.39, 0.29) is 5.91 Å². The van der Waals surface area contributed by atoms with Gasteiger partial charge in [-0.2, -0.15) is 0 Å². The van der Waals surface area contributed by atoms with E-state index in [0.717, 1.165) is 12.1 Å². The number of carbonyl (C=O) groups is 1. The normalized spacial score (nSPS) is 12.5. The summed E-state index contributed by atoms with van der Waals surface area (Å²) in [4.78, 5) is 11.6. The van der Waals surface area contributed by atoms with Gasteiger partial charge in [0.25, 0.3) is 0 Å². The molecule has 2 heteroatoms. The fourth-order valence-electron chi connectivity index (χ4n) is 1.71. The van der Waals surface area contributed by atoms with Crippen LogP contribution in [0.5, 0.6) is 0 Å². The molecule has 0 aliphatic rings. The zero-order valence-corrected chi connectivity index (χ0v) is 11.3. The molecule has 94 valence electrons. The molecular formula is C15H23NO. The molecule has 0 saturated carbocycles. The van der Waals surface area contributed by atoms with E-state index < -0.39 is 0 Å². The van der Waals surface area contributed by atoms with Crippen LogP contribution in [0.1, 0.15) is 52.0 Å². The lowest BCUT2D eigenvalue weighted by Crippen LogP contribution is -2.13. The molecular weight excluding hydrogens is 210 g/mol. The van der Waals surface area contributed by atoms with Gasteiger partial charge in [-0.3, -0.25) is 4.79 Å². The van der Waals surface area contributed by atoms with Crippen molar-refractivity contribution in [3.63, 3.8) is 0 Å². The van der Waals surface area contributed by atoms with Crippen LogP contribution in [0.25, 0.3) is 0 Å². The summed E-state index contributed by atoms with van der Waals surface area (Å²) >= 11 is 0. The maximum absolute atomic E-state index is 11.6. The van der Waals surface area contributed by atoms with E-state index in [2.05, 4.69) is 31.3 Å². The Bertz CT molecular complexity index is 354. The summed E-state index contributed by atoms with van der Waals surface area (Å²) in [5, 5.41) is 2.92. The van der Waals surface area contributed by atoms with E-state index in [9.17, 15) is 4.79 Å². The maximum Gasteiger partial charge on any atom is 0.224 e. The first-order valence-corrected chi connectivity index (χ1v) is 6.42. The first-order valence-electron chi connectivity index (χ1n) is 6.42. The Hall–Kier alpha value is -1.31. The van der Waals surface area contributed by atoms with Gasteiger partial charge < -0.3 is 5.32 Å². The van der Waals surface area contributed by atoms with Crippen molar-refractivity contribution in [2.24, 2.45) is 5.92 Å². The van der Waals surface area contributed by atoms with Gasteiger partial charge in [-0.1, -0.05) is 39.8 Å². The number of benzene rings is 1. The highest BCUT2D eigenvalue weighted by Crippen LogP contribution is 2.20. The second-order valence-corrected chi connectivity index (χ2v) is 5.08. The predicted octanol–water partition coefficient (Wildman–Crippen LogP) is 4.18. The number of carbonyl (C=O) groups excluding carboxylic acids is 1. The van der Waals surface area contributed by atoms with Gasteiger partial charge in [0.1, 0.15) is 0 Å². The highest BCUT2D eigenvalue weighted by atomic mass is 16.1. The molecule has 1 aromatic rings. The molecule has 1 rings (SSSR count). The van der Waals surface area contributed by atoms with Crippen molar-refractivity contribution in [2.75, 3.05) is 5.32 Å². The van der Waals surface area contributed by atoms with Crippen LogP contribution in [0.2, 0.25) is 0 Å². The monoisotopic (exact) mass is 233 g/mol. The van der Waals surface area contributed by atoms with Crippen LogP contribution in [0.4, 0.5) is 5.69 Å². The molecule has 0 heterocycles. The summed E-state index contributed by atoms with van der Waals surface area (Å²) in [5.41, 5.74) is 2.22. The summed E-state index contributed by atoms with van der Waals surface area (Å²) in [6.45, 7) is 8.49. The third kappa shape index (κ3) is 4.59. The molecule has 0 bridgehead atoms. The summed E-state index contributed by atoms with van der Waals surface area (Å²) < 4.78 is 0. The predicted molar refractivity (Wildman–Crippen MR) is 73.2 cm³/mol. The first-order chi connectivity index (χ1) is 8.02. The van der Waals surface area contributed by atoms with Crippen molar-refractivity contribution >= 4 is 11.6 Å². The van der Waals surface area contributed by atoms with Gasteiger partial charge in [0.2, 0.25) is 5.91 Å². The number of hydrogen-bond acceptors (Lipinski definition) is 1. The summed E-state index contributed by atoms with van der Waals surface area (Å²) in [6.07, 6.45) is 1.71. The minimum absolute atomic E-state index is 0.0938. The van der Waals surface area contributed by atoms with Gasteiger partial charge >= 0.3 is 0 Å². The molecule has 1 amide bonds. The zero-order valence-electron chi connectivity index (χ0n) is 11.3. The van der Waals surface area contributed by atoms with Crippen LogP contribution in [-0.2, 0) is 4.79 Å². The minimum Gasteiger partial charge on any atom is -0.326 e. The van der Waals surface area contributed by atoms with E-state index in [1.165, 1.54) is 5.56 Å². The molecule has 2 nitrogen and oxygen atoms in total. The molecule has 1 N–H and O–H groups in total. The SMILES string of the molecule is CC[C@H](C)c1ccc(NC(=O)CC(C)C)cc1. The van der Waals surface area contributed by atoms with E-state index in [0.29, 0.717) is 18.3 Å². The topological polar surface area (TPSA) is 29.1 Å². The summed E-state index contributed by atoms with van der Waals surface area (Å²) in [6, 6.07) is 8.16. The van der Waals surface area contributed by atoms with E-state index in [1.54, 1.807) is 0 Å². The lowest BCUT2D eigenvalue weighted by Gasteiger charge is -2.11. The quantitative estimate of drug-likeness (QED) is 0.812. The van der Waals surface area contributed by atoms with E-state index in [4.69, 9.17) is 0 Å². The van der Waals surface area contributed by atoms with Crippen LogP contribution < -0.4 is 5.32 Å². The van der Waals surface area contributed by atoms with Gasteiger partial charge in [-0.05, 0) is 36.0 Å². The number of nitrogens with one attached hydrogen (secondary N) is 1. The molecule has 0 aliphatic heterocycles. The molecule has 1 atom stereocenters. The zero-order chi connectivity index (χ0) is 12.8. The Labute approximate surface area is 104 Å². The molecule has 0 aromatic heterocycles. The number of anilines is 1. The highest BCUT2D eigenvalue weighted by molar-refractivity contribution is 5.90. The largest absolute Gasteiger partial charge is 0.326 e. The standard InChI is InChI=1S/C15H23NO/c1-5-12(4)13-6-8-14(9-7-13)16-15(17)10-11(2)3/h6-9,11-12H,5,10H2,1-4H3,(H,16,17)/t12-/m0/s1. The van der Waals surface area contributed by atoms with Gasteiger partial charge in [-0.15, -0.1) is 0 Å². The molecule has 0 saturated heterocycles. The third-order valence-electron chi connectivity index (χ3n) is 2.97. The smallest absolute Gasteiger partial charge is 0.224 e. The Morgan fingerprint density at radius 2 is 1.76 bits per heavy atom. The fourth-order valence-corrected chi connectivity index (χ4v) is 1.71. The average Bonchev–Trinajstić information content (AvgIpc) is 2.28. The number of amides is 1. The van der Waals surface area contributed by atoms with Gasteiger partial charge in [0.15, 0.2) is 0 Å². The number of rotatable bonds is 5. The minimum atomic E-state index is 0.0938. The summed E-state index contributed by atoms with van der Waals surface area (Å²) in [7, 11) is 0. The maximum atomic E-state index is 11.6. The Kier molecular flexibility index (Phi) is 5.20. The van der Waals surface area contributed by atoms with Crippen molar-refractivity contribution in [2.45, 2.75) is 46.5 Å².